The number of aromatic hydroxyl groups is 1. The molecule has 6 nitrogen and oxygen atoms in total. The minimum absolute atomic E-state index is 0.0427. The summed E-state index contributed by atoms with van der Waals surface area (Å²) >= 11 is 0. The summed E-state index contributed by atoms with van der Waals surface area (Å²) in [4.78, 5) is 0.0592. The first-order valence-electron chi connectivity index (χ1n) is 8.76. The van der Waals surface area contributed by atoms with Crippen LogP contribution in [0.5, 0.6) is 5.75 Å². The third-order valence-corrected chi connectivity index (χ3v) is 5.63. The van der Waals surface area contributed by atoms with Gasteiger partial charge in [0, 0.05) is 12.0 Å². The van der Waals surface area contributed by atoms with Gasteiger partial charge in [0.25, 0.3) is 0 Å². The molecule has 3 aromatic carbocycles. The summed E-state index contributed by atoms with van der Waals surface area (Å²) in [7, 11) is -3.75. The number of primary sulfonamides is 1. The molecule has 28 heavy (non-hydrogen) atoms. The molecule has 1 aliphatic rings. The lowest BCUT2D eigenvalue weighted by atomic mass is 9.98. The van der Waals surface area contributed by atoms with E-state index in [-0.39, 0.29) is 16.7 Å². The topological polar surface area (TPSA) is 96.0 Å². The van der Waals surface area contributed by atoms with Gasteiger partial charge in [0.15, 0.2) is 0 Å². The van der Waals surface area contributed by atoms with Crippen molar-refractivity contribution in [3.05, 3.63) is 90.0 Å². The van der Waals surface area contributed by atoms with Crippen molar-refractivity contribution in [3.63, 3.8) is 0 Å². The lowest BCUT2D eigenvalue weighted by Crippen LogP contribution is -2.19. The Labute approximate surface area is 163 Å². The molecule has 1 heterocycles. The molecule has 0 saturated carbocycles. The fourth-order valence-electron chi connectivity index (χ4n) is 3.33. The predicted octanol–water partition coefficient (Wildman–Crippen LogP) is 3.40. The number of benzene rings is 3. The molecule has 3 aromatic rings. The van der Waals surface area contributed by atoms with Gasteiger partial charge in [-0.25, -0.2) is 13.6 Å². The number of hydrogen-bond acceptors (Lipinski definition) is 5. The van der Waals surface area contributed by atoms with E-state index >= 15 is 0 Å². The first kappa shape index (κ1) is 18.2. The van der Waals surface area contributed by atoms with Gasteiger partial charge in [0.1, 0.15) is 5.75 Å². The molecular formula is C21H19N3O3S. The first-order valence-corrected chi connectivity index (χ1v) is 10.3. The number of rotatable bonds is 4. The Balaban J connectivity index is 1.75. The number of hydrogen-bond donors (Lipinski definition) is 2. The molecule has 0 unspecified atom stereocenters. The number of phenolic OH excluding ortho intramolecular Hbond substituents is 1. The maximum absolute atomic E-state index is 11.5. The van der Waals surface area contributed by atoms with E-state index in [0.29, 0.717) is 6.42 Å². The fourth-order valence-corrected chi connectivity index (χ4v) is 3.85. The summed E-state index contributed by atoms with van der Waals surface area (Å²) in [5.41, 5.74) is 3.55. The number of anilines is 1. The van der Waals surface area contributed by atoms with Crippen LogP contribution in [0.2, 0.25) is 0 Å². The molecule has 0 aromatic heterocycles. The second-order valence-electron chi connectivity index (χ2n) is 6.61. The summed E-state index contributed by atoms with van der Waals surface area (Å²) in [6.07, 6.45) is 0.657. The van der Waals surface area contributed by atoms with E-state index in [1.165, 1.54) is 12.1 Å². The van der Waals surface area contributed by atoms with Crippen molar-refractivity contribution < 1.29 is 13.5 Å². The summed E-state index contributed by atoms with van der Waals surface area (Å²) in [6.45, 7) is 0. The van der Waals surface area contributed by atoms with Crippen molar-refractivity contribution in [2.45, 2.75) is 17.4 Å². The Kier molecular flexibility index (Phi) is 4.62. The van der Waals surface area contributed by atoms with Gasteiger partial charge < -0.3 is 5.11 Å². The summed E-state index contributed by atoms with van der Waals surface area (Å²) in [5, 5.41) is 21.7. The van der Waals surface area contributed by atoms with Gasteiger partial charge in [0.05, 0.1) is 22.3 Å². The Bertz CT molecular complexity index is 1130. The maximum atomic E-state index is 11.5. The van der Waals surface area contributed by atoms with E-state index in [2.05, 4.69) is 0 Å². The highest BCUT2D eigenvalue weighted by atomic mass is 32.2. The summed E-state index contributed by atoms with van der Waals surface area (Å²) in [6, 6.07) is 23.3. The number of nitrogens with zero attached hydrogens (tertiary/aromatic N) is 2. The number of phenols is 1. The molecule has 0 fully saturated rings. The lowest BCUT2D eigenvalue weighted by molar-refractivity contribution is 0.475. The van der Waals surface area contributed by atoms with E-state index in [1.54, 1.807) is 30.3 Å². The largest absolute Gasteiger partial charge is 0.508 e. The monoisotopic (exact) mass is 393 g/mol. The maximum Gasteiger partial charge on any atom is 0.238 e. The Morgan fingerprint density at radius 3 is 2.32 bits per heavy atom. The van der Waals surface area contributed by atoms with Crippen LogP contribution in [0, 0.1) is 0 Å². The molecule has 3 N–H and O–H groups in total. The van der Waals surface area contributed by atoms with Gasteiger partial charge in [-0.3, -0.25) is 5.01 Å². The van der Waals surface area contributed by atoms with Crippen molar-refractivity contribution in [2.24, 2.45) is 10.2 Å². The van der Waals surface area contributed by atoms with Crippen LogP contribution in [0.1, 0.15) is 23.6 Å². The van der Waals surface area contributed by atoms with Gasteiger partial charge in [-0.15, -0.1) is 0 Å². The van der Waals surface area contributed by atoms with E-state index in [4.69, 9.17) is 10.2 Å². The summed E-state index contributed by atoms with van der Waals surface area (Å²) in [5.74, 6) is 0.187. The molecule has 1 aliphatic heterocycles. The van der Waals surface area contributed by atoms with Crippen molar-refractivity contribution in [1.82, 2.24) is 0 Å². The highest BCUT2D eigenvalue weighted by molar-refractivity contribution is 7.89. The molecule has 0 bridgehead atoms. The second kappa shape index (κ2) is 7.10. The molecule has 142 valence electrons. The van der Waals surface area contributed by atoms with Crippen LogP contribution in [0.15, 0.2) is 88.9 Å². The minimum Gasteiger partial charge on any atom is -0.508 e. The first-order chi connectivity index (χ1) is 13.4. The average Bonchev–Trinajstić information content (AvgIpc) is 3.14. The predicted molar refractivity (Wildman–Crippen MR) is 109 cm³/mol. The van der Waals surface area contributed by atoms with Crippen LogP contribution >= 0.6 is 0 Å². The molecule has 0 amide bonds. The van der Waals surface area contributed by atoms with Gasteiger partial charge in [0.2, 0.25) is 10.0 Å². The van der Waals surface area contributed by atoms with Crippen molar-refractivity contribution in [2.75, 3.05) is 5.01 Å². The SMILES string of the molecule is NS(=O)(=O)c1ccc(N2N=C(c3cccc(O)c3)C[C@H]2c2ccccc2)cc1. The third-order valence-electron chi connectivity index (χ3n) is 4.70. The van der Waals surface area contributed by atoms with Crippen LogP contribution in [-0.2, 0) is 10.0 Å². The zero-order valence-corrected chi connectivity index (χ0v) is 15.8. The van der Waals surface area contributed by atoms with Crippen molar-refractivity contribution in [1.29, 1.82) is 0 Å². The number of nitrogens with two attached hydrogens (primary N) is 1. The fraction of sp³-hybridized carbons (Fsp3) is 0.0952. The van der Waals surface area contributed by atoms with Gasteiger partial charge >= 0.3 is 0 Å². The van der Waals surface area contributed by atoms with Crippen LogP contribution in [0.4, 0.5) is 5.69 Å². The van der Waals surface area contributed by atoms with Gasteiger partial charge in [-0.2, -0.15) is 5.10 Å². The van der Waals surface area contributed by atoms with E-state index < -0.39 is 10.0 Å². The van der Waals surface area contributed by atoms with Crippen LogP contribution in [-0.4, -0.2) is 19.2 Å². The Hall–Kier alpha value is -3.16. The lowest BCUT2D eigenvalue weighted by Gasteiger charge is -2.24. The highest BCUT2D eigenvalue weighted by Crippen LogP contribution is 2.37. The zero-order valence-electron chi connectivity index (χ0n) is 14.9. The smallest absolute Gasteiger partial charge is 0.238 e. The molecule has 7 heteroatoms. The molecule has 0 saturated heterocycles. The number of sulfonamides is 1. The third kappa shape index (κ3) is 3.62. The Morgan fingerprint density at radius 2 is 1.68 bits per heavy atom. The van der Waals surface area contributed by atoms with E-state index in [9.17, 15) is 13.5 Å². The van der Waals surface area contributed by atoms with E-state index in [0.717, 1.165) is 22.5 Å². The molecule has 4 rings (SSSR count). The van der Waals surface area contributed by atoms with Crippen molar-refractivity contribution >= 4 is 21.4 Å². The quantitative estimate of drug-likeness (QED) is 0.710. The molecule has 0 aliphatic carbocycles. The van der Waals surface area contributed by atoms with E-state index in [1.807, 2.05) is 41.4 Å². The van der Waals surface area contributed by atoms with Crippen LogP contribution in [0.3, 0.4) is 0 Å². The van der Waals surface area contributed by atoms with Crippen molar-refractivity contribution in [3.8, 4) is 5.75 Å². The van der Waals surface area contributed by atoms with Crippen LogP contribution in [0.25, 0.3) is 0 Å². The second-order valence-corrected chi connectivity index (χ2v) is 8.17. The summed E-state index contributed by atoms with van der Waals surface area (Å²) < 4.78 is 23.1. The normalized spacial score (nSPS) is 16.8. The van der Waals surface area contributed by atoms with Gasteiger partial charge in [-0.1, -0.05) is 42.5 Å². The number of hydrazone groups is 1. The molecule has 1 atom stereocenters. The molecular weight excluding hydrogens is 374 g/mol. The molecule has 0 spiro atoms. The average molecular weight is 393 g/mol. The Morgan fingerprint density at radius 1 is 0.964 bits per heavy atom. The minimum atomic E-state index is -3.75. The highest BCUT2D eigenvalue weighted by Gasteiger charge is 2.30. The standard InChI is InChI=1S/C21H19N3O3S/c22-28(26,27)19-11-9-17(10-12-19)24-21(15-5-2-1-3-6-15)14-20(23-24)16-7-4-8-18(25)13-16/h1-13,21,25H,14H2,(H2,22,26,27)/t21-/m0/s1. The van der Waals surface area contributed by atoms with Gasteiger partial charge in [-0.05, 0) is 42.0 Å². The zero-order chi connectivity index (χ0) is 19.7. The van der Waals surface area contributed by atoms with Crippen LogP contribution < -0.4 is 10.1 Å². The molecule has 0 radical (unpaired) electrons.